The molecule has 7 heteroatoms. The molecule has 26 heavy (non-hydrogen) atoms. The van der Waals surface area contributed by atoms with Gasteiger partial charge in [-0.15, -0.1) is 12.4 Å². The Labute approximate surface area is 161 Å². The molecule has 2 heterocycles. The third-order valence-electron chi connectivity index (χ3n) is 5.12. The number of carbonyl (C=O) groups is 2. The van der Waals surface area contributed by atoms with Gasteiger partial charge in [-0.3, -0.25) is 4.79 Å². The minimum Gasteiger partial charge on any atom is -0.339 e. The van der Waals surface area contributed by atoms with E-state index in [0.29, 0.717) is 38.5 Å². The third kappa shape index (κ3) is 5.61. The topological polar surface area (TPSA) is 64.7 Å². The van der Waals surface area contributed by atoms with Gasteiger partial charge in [0, 0.05) is 38.3 Å². The maximum Gasteiger partial charge on any atom is 0.321 e. The molecule has 6 nitrogen and oxygen atoms in total. The average Bonchev–Trinajstić information content (AvgIpc) is 3.13. The number of aryl methyl sites for hydroxylation is 1. The summed E-state index contributed by atoms with van der Waals surface area (Å²) in [5.74, 6) is 0.871. The number of benzene rings is 1. The minimum atomic E-state index is -0.0882. The number of halogens is 1. The zero-order valence-electron chi connectivity index (χ0n) is 15.4. The highest BCUT2D eigenvalue weighted by atomic mass is 35.5. The van der Waals surface area contributed by atoms with Crippen molar-refractivity contribution in [3.63, 3.8) is 0 Å². The largest absolute Gasteiger partial charge is 0.339 e. The van der Waals surface area contributed by atoms with Gasteiger partial charge in [-0.25, -0.2) is 4.79 Å². The van der Waals surface area contributed by atoms with Gasteiger partial charge < -0.3 is 20.4 Å². The lowest BCUT2D eigenvalue weighted by Gasteiger charge is -2.35. The molecule has 0 aromatic heterocycles. The van der Waals surface area contributed by atoms with Gasteiger partial charge in [0.15, 0.2) is 0 Å². The number of urea groups is 1. The summed E-state index contributed by atoms with van der Waals surface area (Å²) >= 11 is 0. The second-order valence-electron chi connectivity index (χ2n) is 7.06. The lowest BCUT2D eigenvalue weighted by atomic mass is 10.0. The van der Waals surface area contributed by atoms with Crippen molar-refractivity contribution in [3.05, 3.63) is 29.8 Å². The molecule has 1 unspecified atom stereocenters. The molecule has 2 saturated heterocycles. The summed E-state index contributed by atoms with van der Waals surface area (Å²) in [6.45, 7) is 6.56. The van der Waals surface area contributed by atoms with Gasteiger partial charge in [-0.05, 0) is 56.5 Å². The Bertz CT molecular complexity index is 611. The molecule has 1 aromatic carbocycles. The Morgan fingerprint density at radius 1 is 1.19 bits per heavy atom. The van der Waals surface area contributed by atoms with Crippen molar-refractivity contribution >= 4 is 30.0 Å². The zero-order valence-corrected chi connectivity index (χ0v) is 16.2. The molecule has 0 radical (unpaired) electrons. The number of anilines is 1. The Hall–Kier alpha value is -1.79. The smallest absolute Gasteiger partial charge is 0.321 e. The number of carbonyl (C=O) groups excluding carboxylic acids is 2. The molecule has 1 aromatic rings. The van der Waals surface area contributed by atoms with Gasteiger partial charge in [0.1, 0.15) is 0 Å². The van der Waals surface area contributed by atoms with E-state index < -0.39 is 0 Å². The fourth-order valence-electron chi connectivity index (χ4n) is 3.53. The standard InChI is InChI=1S/C19H28N4O2.ClH/c1-15-3-2-4-17(13-15)21-19(25)23-11-9-22(10-12-23)18(24)6-5-16-7-8-20-14-16;/h2-4,13,16,20H,5-12,14H2,1H3,(H,21,25);1H. The van der Waals surface area contributed by atoms with Crippen LogP contribution in [-0.4, -0.2) is 61.0 Å². The number of piperazine rings is 1. The summed E-state index contributed by atoms with van der Waals surface area (Å²) in [4.78, 5) is 28.4. The van der Waals surface area contributed by atoms with Crippen LogP contribution in [0, 0.1) is 12.8 Å². The Morgan fingerprint density at radius 2 is 1.92 bits per heavy atom. The number of amides is 3. The van der Waals surface area contributed by atoms with Crippen molar-refractivity contribution in [3.8, 4) is 0 Å². The highest BCUT2D eigenvalue weighted by molar-refractivity contribution is 5.89. The Balaban J connectivity index is 0.00000243. The SMILES string of the molecule is Cc1cccc(NC(=O)N2CCN(C(=O)CCC3CCNC3)CC2)c1.Cl. The van der Waals surface area contributed by atoms with E-state index in [1.807, 2.05) is 36.1 Å². The summed E-state index contributed by atoms with van der Waals surface area (Å²) in [6.07, 6.45) is 2.78. The highest BCUT2D eigenvalue weighted by Crippen LogP contribution is 2.16. The fourth-order valence-corrected chi connectivity index (χ4v) is 3.53. The normalized spacial score (nSPS) is 19.8. The second-order valence-corrected chi connectivity index (χ2v) is 7.06. The van der Waals surface area contributed by atoms with Gasteiger partial charge in [0.25, 0.3) is 0 Å². The van der Waals surface area contributed by atoms with Crippen LogP contribution in [0.1, 0.15) is 24.8 Å². The van der Waals surface area contributed by atoms with Crippen LogP contribution in [0.4, 0.5) is 10.5 Å². The van der Waals surface area contributed by atoms with Crippen molar-refractivity contribution in [2.75, 3.05) is 44.6 Å². The molecule has 144 valence electrons. The van der Waals surface area contributed by atoms with Crippen LogP contribution < -0.4 is 10.6 Å². The summed E-state index contributed by atoms with van der Waals surface area (Å²) in [5, 5.41) is 6.28. The van der Waals surface area contributed by atoms with Crippen molar-refractivity contribution < 1.29 is 9.59 Å². The quantitative estimate of drug-likeness (QED) is 0.843. The van der Waals surface area contributed by atoms with Gasteiger partial charge in [0.05, 0.1) is 0 Å². The number of hydrogen-bond donors (Lipinski definition) is 2. The predicted molar refractivity (Wildman–Crippen MR) is 106 cm³/mol. The Kier molecular flexibility index (Phi) is 7.72. The summed E-state index contributed by atoms with van der Waals surface area (Å²) in [5.41, 5.74) is 1.93. The van der Waals surface area contributed by atoms with E-state index in [0.717, 1.165) is 30.8 Å². The summed E-state index contributed by atoms with van der Waals surface area (Å²) in [6, 6.07) is 7.69. The van der Waals surface area contributed by atoms with Crippen molar-refractivity contribution in [2.24, 2.45) is 5.92 Å². The van der Waals surface area contributed by atoms with Crippen LogP contribution in [0.2, 0.25) is 0 Å². The van der Waals surface area contributed by atoms with Crippen LogP contribution in [0.25, 0.3) is 0 Å². The molecule has 0 saturated carbocycles. The molecule has 0 aliphatic carbocycles. The van der Waals surface area contributed by atoms with E-state index in [9.17, 15) is 9.59 Å². The highest BCUT2D eigenvalue weighted by Gasteiger charge is 2.25. The second kappa shape index (κ2) is 9.78. The maximum atomic E-state index is 12.4. The first kappa shape index (κ1) is 20.5. The Morgan fingerprint density at radius 3 is 2.58 bits per heavy atom. The fraction of sp³-hybridized carbons (Fsp3) is 0.579. The average molecular weight is 381 g/mol. The molecule has 0 spiro atoms. The summed E-state index contributed by atoms with van der Waals surface area (Å²) in [7, 11) is 0. The first-order chi connectivity index (χ1) is 12.1. The molecule has 0 bridgehead atoms. The van der Waals surface area contributed by atoms with E-state index in [1.165, 1.54) is 6.42 Å². The first-order valence-electron chi connectivity index (χ1n) is 9.23. The van der Waals surface area contributed by atoms with Crippen LogP contribution in [0.5, 0.6) is 0 Å². The van der Waals surface area contributed by atoms with Crippen LogP contribution >= 0.6 is 12.4 Å². The van der Waals surface area contributed by atoms with E-state index in [-0.39, 0.29) is 24.3 Å². The van der Waals surface area contributed by atoms with Crippen LogP contribution in [0.3, 0.4) is 0 Å². The number of rotatable bonds is 4. The number of nitrogens with one attached hydrogen (secondary N) is 2. The molecule has 1 atom stereocenters. The van der Waals surface area contributed by atoms with E-state index in [1.54, 1.807) is 4.90 Å². The molecule has 2 aliphatic rings. The third-order valence-corrected chi connectivity index (χ3v) is 5.12. The van der Waals surface area contributed by atoms with Crippen molar-refractivity contribution in [1.82, 2.24) is 15.1 Å². The number of hydrogen-bond acceptors (Lipinski definition) is 3. The van der Waals surface area contributed by atoms with Crippen molar-refractivity contribution in [2.45, 2.75) is 26.2 Å². The van der Waals surface area contributed by atoms with Gasteiger partial charge in [0.2, 0.25) is 5.91 Å². The van der Waals surface area contributed by atoms with Crippen molar-refractivity contribution in [1.29, 1.82) is 0 Å². The minimum absolute atomic E-state index is 0. The zero-order chi connectivity index (χ0) is 17.6. The first-order valence-corrected chi connectivity index (χ1v) is 9.23. The van der Waals surface area contributed by atoms with Gasteiger partial charge in [-0.2, -0.15) is 0 Å². The molecule has 2 fully saturated rings. The van der Waals surface area contributed by atoms with E-state index >= 15 is 0 Å². The lowest BCUT2D eigenvalue weighted by Crippen LogP contribution is -2.51. The molecular weight excluding hydrogens is 352 g/mol. The number of nitrogens with zero attached hydrogens (tertiary/aromatic N) is 2. The van der Waals surface area contributed by atoms with Gasteiger partial charge >= 0.3 is 6.03 Å². The molecule has 3 amide bonds. The molecular formula is C19H29ClN4O2. The molecule has 2 aliphatic heterocycles. The van der Waals surface area contributed by atoms with Gasteiger partial charge in [-0.1, -0.05) is 12.1 Å². The van der Waals surface area contributed by atoms with E-state index in [4.69, 9.17) is 0 Å². The van der Waals surface area contributed by atoms with Crippen LogP contribution in [-0.2, 0) is 4.79 Å². The lowest BCUT2D eigenvalue weighted by molar-refractivity contribution is -0.132. The van der Waals surface area contributed by atoms with Crippen LogP contribution in [0.15, 0.2) is 24.3 Å². The summed E-state index contributed by atoms with van der Waals surface area (Å²) < 4.78 is 0. The molecule has 3 rings (SSSR count). The molecule has 2 N–H and O–H groups in total. The van der Waals surface area contributed by atoms with E-state index in [2.05, 4.69) is 10.6 Å². The predicted octanol–water partition coefficient (Wildman–Crippen LogP) is 2.48. The monoisotopic (exact) mass is 380 g/mol. The maximum absolute atomic E-state index is 12.4.